The van der Waals surface area contributed by atoms with Crippen molar-refractivity contribution in [2.75, 3.05) is 12.7 Å². The van der Waals surface area contributed by atoms with Crippen LogP contribution in [-0.2, 0) is 11.2 Å². The van der Waals surface area contributed by atoms with Crippen LogP contribution in [0.25, 0.3) is 0 Å². The number of benzene rings is 1. The number of nitrogens with zero attached hydrogens (tertiary/aromatic N) is 1. The normalized spacial score (nSPS) is 12.5. The Hall–Kier alpha value is -1.82. The van der Waals surface area contributed by atoms with E-state index in [9.17, 15) is 14.9 Å². The highest BCUT2D eigenvalue weighted by atomic mass is 35.5. The molecule has 96 valence electrons. The maximum absolute atomic E-state index is 11.5. The molecule has 0 saturated heterocycles. The molecule has 18 heavy (non-hydrogen) atoms. The van der Waals surface area contributed by atoms with E-state index in [4.69, 9.17) is 21.1 Å². The van der Waals surface area contributed by atoms with Crippen LogP contribution in [0.2, 0.25) is 0 Å². The second-order valence-corrected chi connectivity index (χ2v) is 4.12. The number of hydrogen-bond acceptors (Lipinski definition) is 5. The van der Waals surface area contributed by atoms with E-state index >= 15 is 0 Å². The molecule has 0 N–H and O–H groups in total. The Balaban J connectivity index is 2.32. The quantitative estimate of drug-likeness (QED) is 0.465. The fraction of sp³-hybridized carbons (Fsp3) is 0.364. The smallest absolute Gasteiger partial charge is 0.277 e. The van der Waals surface area contributed by atoms with Gasteiger partial charge in [0.25, 0.3) is 5.69 Å². The minimum atomic E-state index is -0.536. The Kier molecular flexibility index (Phi) is 3.66. The Morgan fingerprint density at radius 1 is 1.39 bits per heavy atom. The van der Waals surface area contributed by atoms with Crippen LogP contribution in [-0.4, -0.2) is 23.4 Å². The van der Waals surface area contributed by atoms with Gasteiger partial charge in [0.2, 0.25) is 6.79 Å². The van der Waals surface area contributed by atoms with E-state index in [0.717, 1.165) is 0 Å². The molecule has 0 saturated carbocycles. The summed E-state index contributed by atoms with van der Waals surface area (Å²) < 4.78 is 10.2. The number of fused-ring (bicyclic) bond motifs is 1. The summed E-state index contributed by atoms with van der Waals surface area (Å²) in [5, 5.41) is 10.9. The van der Waals surface area contributed by atoms with Gasteiger partial charge in [-0.05, 0) is 6.07 Å². The monoisotopic (exact) mass is 271 g/mol. The lowest BCUT2D eigenvalue weighted by Gasteiger charge is -2.04. The minimum absolute atomic E-state index is 0.0281. The van der Waals surface area contributed by atoms with Gasteiger partial charge in [0.15, 0.2) is 11.5 Å². The van der Waals surface area contributed by atoms with Gasteiger partial charge in [-0.1, -0.05) is 0 Å². The number of carbonyl (C=O) groups excluding carboxylic acids is 1. The molecule has 0 aliphatic carbocycles. The van der Waals surface area contributed by atoms with Crippen LogP contribution in [0.1, 0.15) is 12.0 Å². The van der Waals surface area contributed by atoms with Gasteiger partial charge in [0, 0.05) is 24.3 Å². The highest BCUT2D eigenvalue weighted by Crippen LogP contribution is 2.38. The predicted octanol–water partition coefficient (Wildman–Crippen LogP) is 2.06. The molecule has 0 radical (unpaired) electrons. The molecule has 1 aliphatic rings. The highest BCUT2D eigenvalue weighted by molar-refractivity contribution is 6.19. The zero-order chi connectivity index (χ0) is 13.1. The third-order valence-corrected chi connectivity index (χ3v) is 2.72. The molecule has 7 heteroatoms. The first-order chi connectivity index (χ1) is 8.61. The summed E-state index contributed by atoms with van der Waals surface area (Å²) in [6.45, 7) is 0.0333. The Bertz CT molecular complexity index is 502. The molecule has 0 fully saturated rings. The number of rotatable bonds is 5. The molecule has 0 bridgehead atoms. The van der Waals surface area contributed by atoms with Crippen LogP contribution in [0.15, 0.2) is 12.1 Å². The standard InChI is InChI=1S/C11H10ClNO5/c12-2-1-8(14)3-7-4-10-11(18-6-17-10)5-9(7)13(15)16/h4-5H,1-3,6H2. The van der Waals surface area contributed by atoms with Crippen molar-refractivity contribution in [3.63, 3.8) is 0 Å². The van der Waals surface area contributed by atoms with Gasteiger partial charge in [-0.15, -0.1) is 11.6 Å². The van der Waals surface area contributed by atoms with Crippen LogP contribution in [0.5, 0.6) is 11.5 Å². The number of halogens is 1. The number of alkyl halides is 1. The average Bonchev–Trinajstić information content (AvgIpc) is 2.74. The average molecular weight is 272 g/mol. The number of hydrogen-bond donors (Lipinski definition) is 0. The summed E-state index contributed by atoms with van der Waals surface area (Å²) in [5.74, 6) is 0.813. The van der Waals surface area contributed by atoms with E-state index in [1.807, 2.05) is 0 Å². The van der Waals surface area contributed by atoms with Crippen LogP contribution < -0.4 is 9.47 Å². The summed E-state index contributed by atoms with van der Waals surface area (Å²) in [7, 11) is 0. The largest absolute Gasteiger partial charge is 0.454 e. The summed E-state index contributed by atoms with van der Waals surface area (Å²) in [6.07, 6.45) is 0.160. The van der Waals surface area contributed by atoms with E-state index in [-0.39, 0.29) is 37.0 Å². The van der Waals surface area contributed by atoms with Crippen molar-refractivity contribution in [3.05, 3.63) is 27.8 Å². The molecule has 2 rings (SSSR count). The third kappa shape index (κ3) is 2.53. The fourth-order valence-corrected chi connectivity index (χ4v) is 1.90. The Morgan fingerprint density at radius 2 is 2.06 bits per heavy atom. The second-order valence-electron chi connectivity index (χ2n) is 3.75. The molecule has 6 nitrogen and oxygen atoms in total. The van der Waals surface area contributed by atoms with E-state index in [2.05, 4.69) is 0 Å². The van der Waals surface area contributed by atoms with Gasteiger partial charge in [0.1, 0.15) is 5.78 Å². The van der Waals surface area contributed by atoms with E-state index in [0.29, 0.717) is 17.1 Å². The van der Waals surface area contributed by atoms with E-state index < -0.39 is 4.92 Å². The number of carbonyl (C=O) groups is 1. The minimum Gasteiger partial charge on any atom is -0.454 e. The van der Waals surface area contributed by atoms with Crippen LogP contribution in [0.3, 0.4) is 0 Å². The Labute approximate surface area is 108 Å². The summed E-state index contributed by atoms with van der Waals surface area (Å²) in [6, 6.07) is 2.76. The maximum Gasteiger partial charge on any atom is 0.277 e. The van der Waals surface area contributed by atoms with Crippen molar-refractivity contribution in [2.45, 2.75) is 12.8 Å². The lowest BCUT2D eigenvalue weighted by molar-refractivity contribution is -0.385. The van der Waals surface area contributed by atoms with Gasteiger partial charge in [-0.2, -0.15) is 0 Å². The van der Waals surface area contributed by atoms with Crippen LogP contribution in [0, 0.1) is 10.1 Å². The topological polar surface area (TPSA) is 78.7 Å². The molecule has 1 aromatic carbocycles. The second kappa shape index (κ2) is 5.22. The van der Waals surface area contributed by atoms with Crippen molar-refractivity contribution >= 4 is 23.1 Å². The molecule has 1 aromatic rings. The van der Waals surface area contributed by atoms with Gasteiger partial charge in [-0.25, -0.2) is 0 Å². The number of Topliss-reactive ketones (excluding diaryl/α,β-unsaturated/α-hetero) is 1. The lowest BCUT2D eigenvalue weighted by Crippen LogP contribution is -2.05. The van der Waals surface area contributed by atoms with E-state index in [1.165, 1.54) is 12.1 Å². The van der Waals surface area contributed by atoms with Gasteiger partial charge >= 0.3 is 0 Å². The third-order valence-electron chi connectivity index (χ3n) is 2.53. The van der Waals surface area contributed by atoms with Crippen molar-refractivity contribution in [1.82, 2.24) is 0 Å². The summed E-state index contributed by atoms with van der Waals surface area (Å²) in [4.78, 5) is 21.9. The number of nitro benzene ring substituents is 1. The molecular weight excluding hydrogens is 262 g/mol. The van der Waals surface area contributed by atoms with Crippen molar-refractivity contribution in [3.8, 4) is 11.5 Å². The highest BCUT2D eigenvalue weighted by Gasteiger charge is 2.24. The molecule has 0 atom stereocenters. The lowest BCUT2D eigenvalue weighted by atomic mass is 10.0. The predicted molar refractivity (Wildman–Crippen MR) is 63.3 cm³/mol. The first-order valence-corrected chi connectivity index (χ1v) is 5.80. The molecule has 1 heterocycles. The number of nitro groups is 1. The van der Waals surface area contributed by atoms with Gasteiger partial charge in [-0.3, -0.25) is 14.9 Å². The van der Waals surface area contributed by atoms with E-state index in [1.54, 1.807) is 0 Å². The molecule has 0 amide bonds. The van der Waals surface area contributed by atoms with Crippen molar-refractivity contribution < 1.29 is 19.2 Å². The maximum atomic E-state index is 11.5. The first kappa shape index (κ1) is 12.6. The zero-order valence-corrected chi connectivity index (χ0v) is 10.1. The molecule has 0 unspecified atom stereocenters. The van der Waals surface area contributed by atoms with Crippen LogP contribution in [0.4, 0.5) is 5.69 Å². The molecular formula is C11H10ClNO5. The van der Waals surface area contributed by atoms with Crippen molar-refractivity contribution in [2.24, 2.45) is 0 Å². The summed E-state index contributed by atoms with van der Waals surface area (Å²) in [5.41, 5.74) is 0.182. The number of ether oxygens (including phenoxy) is 2. The fourth-order valence-electron chi connectivity index (χ4n) is 1.69. The zero-order valence-electron chi connectivity index (χ0n) is 9.35. The van der Waals surface area contributed by atoms with Crippen molar-refractivity contribution in [1.29, 1.82) is 0 Å². The van der Waals surface area contributed by atoms with Gasteiger partial charge < -0.3 is 9.47 Å². The molecule has 0 spiro atoms. The SMILES string of the molecule is O=C(CCCl)Cc1cc2c(cc1[N+](=O)[O-])OCO2. The molecule has 1 aliphatic heterocycles. The van der Waals surface area contributed by atoms with Gasteiger partial charge in [0.05, 0.1) is 11.0 Å². The van der Waals surface area contributed by atoms with Crippen LogP contribution >= 0.6 is 11.6 Å². The number of ketones is 1. The Morgan fingerprint density at radius 3 is 2.67 bits per heavy atom. The first-order valence-electron chi connectivity index (χ1n) is 5.26. The molecule has 0 aromatic heterocycles. The summed E-state index contributed by atoms with van der Waals surface area (Å²) >= 11 is 5.46.